The summed E-state index contributed by atoms with van der Waals surface area (Å²) < 4.78 is 28.5. The number of ether oxygens (including phenoxy) is 2. The Hall–Kier alpha value is -3.97. The Kier molecular flexibility index (Phi) is 6.81. The summed E-state index contributed by atoms with van der Waals surface area (Å²) in [6.07, 6.45) is -0.0713. The number of aliphatic carboxylic acids is 1. The van der Waals surface area contributed by atoms with Crippen LogP contribution in [0.25, 0.3) is 33.0 Å². The zero-order valence-electron chi connectivity index (χ0n) is 22.8. The number of nitrogens with zero attached hydrogens (tertiary/aromatic N) is 1. The molecular weight excluding hydrogens is 497 g/mol. The maximum Gasteiger partial charge on any atom is 0.339 e. The molecule has 0 saturated heterocycles. The van der Waals surface area contributed by atoms with E-state index in [2.05, 4.69) is 0 Å². The fourth-order valence-corrected chi connectivity index (χ4v) is 5.43. The molecule has 1 N–H and O–H groups in total. The van der Waals surface area contributed by atoms with E-state index in [9.17, 15) is 14.7 Å². The van der Waals surface area contributed by atoms with Gasteiger partial charge in [0.2, 0.25) is 0 Å². The number of aromatic nitrogens is 1. The minimum Gasteiger partial charge on any atom is -0.490 e. The fraction of sp³-hybridized carbons (Fsp3) is 0.312. The quantitative estimate of drug-likeness (QED) is 0.316. The zero-order valence-corrected chi connectivity index (χ0v) is 22.8. The van der Waals surface area contributed by atoms with Crippen LogP contribution in [-0.4, -0.2) is 27.9 Å². The van der Waals surface area contributed by atoms with E-state index >= 15 is 4.39 Å². The molecule has 5 rings (SSSR count). The van der Waals surface area contributed by atoms with Gasteiger partial charge in [-0.05, 0) is 80.3 Å². The van der Waals surface area contributed by atoms with Gasteiger partial charge in [-0.15, -0.1) is 0 Å². The Labute approximate surface area is 226 Å². The van der Waals surface area contributed by atoms with Gasteiger partial charge in [-0.25, -0.2) is 9.18 Å². The van der Waals surface area contributed by atoms with Gasteiger partial charge in [-0.2, -0.15) is 0 Å². The predicted octanol–water partition coefficient (Wildman–Crippen LogP) is 6.59. The van der Waals surface area contributed by atoms with E-state index in [1.54, 1.807) is 27.8 Å². The number of pyridine rings is 1. The second-order valence-electron chi connectivity index (χ2n) is 11.0. The van der Waals surface area contributed by atoms with Crippen molar-refractivity contribution in [3.05, 3.63) is 87.6 Å². The molecule has 0 bridgehead atoms. The Balaban J connectivity index is 1.91. The summed E-state index contributed by atoms with van der Waals surface area (Å²) >= 11 is 0. The molecule has 1 atom stereocenters. The molecule has 1 aliphatic rings. The Morgan fingerprint density at radius 3 is 2.46 bits per heavy atom. The molecular formula is C32H32FNO5. The van der Waals surface area contributed by atoms with Crippen LogP contribution < -0.4 is 10.3 Å². The van der Waals surface area contributed by atoms with Crippen molar-refractivity contribution >= 4 is 16.7 Å². The van der Waals surface area contributed by atoms with Crippen LogP contribution in [0.15, 0.2) is 59.4 Å². The number of fused-ring (bicyclic) bond motifs is 2. The third-order valence-corrected chi connectivity index (χ3v) is 7.20. The van der Waals surface area contributed by atoms with Crippen LogP contribution in [0.1, 0.15) is 50.1 Å². The van der Waals surface area contributed by atoms with Crippen molar-refractivity contribution in [1.29, 1.82) is 0 Å². The van der Waals surface area contributed by atoms with Crippen molar-refractivity contribution in [1.82, 2.24) is 4.57 Å². The molecule has 1 aromatic heterocycles. The molecule has 0 aliphatic carbocycles. The number of hydrogen-bond acceptors (Lipinski definition) is 4. The van der Waals surface area contributed by atoms with Gasteiger partial charge in [0.1, 0.15) is 0 Å². The summed E-state index contributed by atoms with van der Waals surface area (Å²) in [7, 11) is 1.55. The number of halogens is 1. The van der Waals surface area contributed by atoms with Crippen LogP contribution in [0.5, 0.6) is 5.75 Å². The van der Waals surface area contributed by atoms with Crippen molar-refractivity contribution in [2.75, 3.05) is 6.61 Å². The van der Waals surface area contributed by atoms with Gasteiger partial charge < -0.3 is 19.1 Å². The summed E-state index contributed by atoms with van der Waals surface area (Å²) in [5.74, 6) is -1.51. The van der Waals surface area contributed by atoms with Crippen molar-refractivity contribution in [3.8, 4) is 28.0 Å². The maximum atomic E-state index is 15.5. The molecule has 4 aromatic rings. The third-order valence-electron chi connectivity index (χ3n) is 7.20. The van der Waals surface area contributed by atoms with Crippen LogP contribution in [0.4, 0.5) is 4.39 Å². The van der Waals surface area contributed by atoms with E-state index in [0.29, 0.717) is 34.9 Å². The average molecular weight is 530 g/mol. The highest BCUT2D eigenvalue weighted by atomic mass is 19.1. The second kappa shape index (κ2) is 9.97. The van der Waals surface area contributed by atoms with Crippen molar-refractivity contribution in [2.45, 2.75) is 52.2 Å². The van der Waals surface area contributed by atoms with Gasteiger partial charge in [0, 0.05) is 23.6 Å². The summed E-state index contributed by atoms with van der Waals surface area (Å²) in [5, 5.41) is 11.3. The van der Waals surface area contributed by atoms with Crippen LogP contribution >= 0.6 is 0 Å². The van der Waals surface area contributed by atoms with Crippen LogP contribution in [0.3, 0.4) is 0 Å². The molecule has 0 amide bonds. The monoisotopic (exact) mass is 529 g/mol. The van der Waals surface area contributed by atoms with Crippen molar-refractivity contribution in [2.24, 2.45) is 7.05 Å². The average Bonchev–Trinajstić information content (AvgIpc) is 2.91. The lowest BCUT2D eigenvalue weighted by Crippen LogP contribution is -2.33. The Morgan fingerprint density at radius 1 is 1.08 bits per heavy atom. The van der Waals surface area contributed by atoms with Crippen LogP contribution in [-0.2, 0) is 23.0 Å². The maximum absolute atomic E-state index is 15.5. The van der Waals surface area contributed by atoms with Crippen LogP contribution in [0, 0.1) is 12.7 Å². The number of carboxylic acid groups (broad SMARTS) is 1. The van der Waals surface area contributed by atoms with E-state index in [-0.39, 0.29) is 17.0 Å². The van der Waals surface area contributed by atoms with E-state index in [1.807, 2.05) is 55.5 Å². The lowest BCUT2D eigenvalue weighted by molar-refractivity contribution is -0.161. The topological polar surface area (TPSA) is 77.8 Å². The highest BCUT2D eigenvalue weighted by Crippen LogP contribution is 2.43. The summed E-state index contributed by atoms with van der Waals surface area (Å²) in [6.45, 7) is 7.61. The van der Waals surface area contributed by atoms with E-state index in [1.165, 1.54) is 10.6 Å². The second-order valence-corrected chi connectivity index (χ2v) is 11.0. The SMILES string of the molecule is Cc1c(-c2c(C(OC(C)(C)C)C(=O)O)n(C)c(=O)c3cc(-c4ccccc4)ccc23)cc(F)c2c1CCCO2. The first-order valence-corrected chi connectivity index (χ1v) is 13.1. The largest absolute Gasteiger partial charge is 0.490 e. The molecule has 0 fully saturated rings. The number of benzene rings is 3. The van der Waals surface area contributed by atoms with E-state index < -0.39 is 23.5 Å². The summed E-state index contributed by atoms with van der Waals surface area (Å²) in [4.78, 5) is 26.5. The van der Waals surface area contributed by atoms with E-state index in [0.717, 1.165) is 28.7 Å². The van der Waals surface area contributed by atoms with Gasteiger partial charge in [0.25, 0.3) is 5.56 Å². The minimum absolute atomic E-state index is 0.168. The third kappa shape index (κ3) is 4.83. The smallest absolute Gasteiger partial charge is 0.339 e. The molecule has 3 aromatic carbocycles. The lowest BCUT2D eigenvalue weighted by Gasteiger charge is -2.29. The first-order valence-electron chi connectivity index (χ1n) is 13.1. The molecule has 0 spiro atoms. The molecule has 202 valence electrons. The minimum atomic E-state index is -1.47. The van der Waals surface area contributed by atoms with E-state index in [4.69, 9.17) is 9.47 Å². The molecule has 39 heavy (non-hydrogen) atoms. The lowest BCUT2D eigenvalue weighted by atomic mass is 9.87. The first kappa shape index (κ1) is 26.6. The first-order chi connectivity index (χ1) is 18.5. The van der Waals surface area contributed by atoms with Gasteiger partial charge in [0.15, 0.2) is 17.7 Å². The number of rotatable bonds is 5. The normalized spacial score (nSPS) is 14.1. The van der Waals surface area contributed by atoms with Crippen molar-refractivity contribution in [3.63, 3.8) is 0 Å². The molecule has 7 heteroatoms. The number of carbonyl (C=O) groups is 1. The van der Waals surface area contributed by atoms with Gasteiger partial charge >= 0.3 is 5.97 Å². The molecule has 1 aliphatic heterocycles. The molecule has 0 saturated carbocycles. The summed E-state index contributed by atoms with van der Waals surface area (Å²) in [5.41, 5.74) is 3.31. The van der Waals surface area contributed by atoms with Crippen molar-refractivity contribution < 1.29 is 23.8 Å². The zero-order chi connectivity index (χ0) is 28.1. The van der Waals surface area contributed by atoms with Crippen LogP contribution in [0.2, 0.25) is 0 Å². The summed E-state index contributed by atoms with van der Waals surface area (Å²) in [6, 6.07) is 16.6. The highest BCUT2D eigenvalue weighted by Gasteiger charge is 2.34. The standard InChI is InChI=1S/C32H32FNO5/c1-18-21-12-9-15-38-28(21)25(33)17-23(18)26-22-14-13-20(19-10-7-6-8-11-19)16-24(22)30(35)34(5)27(26)29(31(36)37)39-32(2,3)4/h6-8,10-11,13-14,16-17,29H,9,12,15H2,1-5H3,(H,36,37). The van der Waals surface area contributed by atoms with Gasteiger partial charge in [-0.1, -0.05) is 42.5 Å². The Bertz CT molecular complexity index is 1650. The Morgan fingerprint density at radius 2 is 1.79 bits per heavy atom. The fourth-order valence-electron chi connectivity index (χ4n) is 5.43. The molecule has 6 nitrogen and oxygen atoms in total. The highest BCUT2D eigenvalue weighted by molar-refractivity contribution is 6.01. The van der Waals surface area contributed by atoms with Gasteiger partial charge in [-0.3, -0.25) is 4.79 Å². The molecule has 0 radical (unpaired) electrons. The van der Waals surface area contributed by atoms with Gasteiger partial charge in [0.05, 0.1) is 17.9 Å². The molecule has 1 unspecified atom stereocenters. The molecule has 2 heterocycles. The predicted molar refractivity (Wildman–Crippen MR) is 150 cm³/mol. The number of carboxylic acids is 1. The number of hydrogen-bond donors (Lipinski definition) is 1.